The first-order valence-electron chi connectivity index (χ1n) is 7.23. The van der Waals surface area contributed by atoms with Crippen molar-refractivity contribution in [1.82, 2.24) is 0 Å². The van der Waals surface area contributed by atoms with Crippen molar-refractivity contribution < 1.29 is 13.9 Å². The van der Waals surface area contributed by atoms with Gasteiger partial charge in [0.2, 0.25) is 0 Å². The standard InChI is InChI=1S/C13H15O4.3CH3.Sn/c1-7-5-10(16-6-7)12-8(2)11(14)9(3)13(15-4)17-12;;;;/h1,10H,5-6H2,2-4H3;3*1H3;/t10-;;;;/m1..../s1. The second-order valence-corrected chi connectivity index (χ2v) is 21.0. The van der Waals surface area contributed by atoms with Crippen molar-refractivity contribution >= 4 is 18.4 Å². The van der Waals surface area contributed by atoms with E-state index in [1.807, 2.05) is 0 Å². The van der Waals surface area contributed by atoms with Crippen LogP contribution in [0, 0.1) is 13.8 Å². The molecule has 0 spiro atoms. The van der Waals surface area contributed by atoms with Crippen molar-refractivity contribution in [3.8, 4) is 5.95 Å². The Hall–Kier alpha value is -0.751. The van der Waals surface area contributed by atoms with Crippen molar-refractivity contribution in [2.24, 2.45) is 0 Å². The third-order valence-corrected chi connectivity index (χ3v) is 7.23. The molecule has 0 aromatic carbocycles. The Balaban J connectivity index is 2.35. The van der Waals surface area contributed by atoms with Gasteiger partial charge < -0.3 is 0 Å². The zero-order valence-corrected chi connectivity index (χ0v) is 16.6. The number of hydrogen-bond acceptors (Lipinski definition) is 4. The second-order valence-electron chi connectivity index (χ2n) is 6.71. The summed E-state index contributed by atoms with van der Waals surface area (Å²) in [6, 6.07) is 0. The fraction of sp³-hybridized carbons (Fsp3) is 0.562. The van der Waals surface area contributed by atoms with Crippen molar-refractivity contribution in [2.75, 3.05) is 13.7 Å². The molecule has 0 amide bonds. The van der Waals surface area contributed by atoms with Crippen LogP contribution in [0.15, 0.2) is 18.9 Å². The van der Waals surface area contributed by atoms with Gasteiger partial charge in [0.05, 0.1) is 0 Å². The summed E-state index contributed by atoms with van der Waals surface area (Å²) in [5.41, 5.74) is 2.45. The third-order valence-electron chi connectivity index (χ3n) is 3.59. The van der Waals surface area contributed by atoms with Gasteiger partial charge in [-0.15, -0.1) is 0 Å². The van der Waals surface area contributed by atoms with Crippen LogP contribution >= 0.6 is 0 Å². The molecule has 0 radical (unpaired) electrons. The van der Waals surface area contributed by atoms with E-state index in [1.165, 1.54) is 12.7 Å². The molecule has 116 valence electrons. The Labute approximate surface area is 130 Å². The van der Waals surface area contributed by atoms with E-state index in [-0.39, 0.29) is 17.5 Å². The van der Waals surface area contributed by atoms with E-state index in [9.17, 15) is 4.79 Å². The van der Waals surface area contributed by atoms with Gasteiger partial charge in [-0.25, -0.2) is 0 Å². The molecular weight excluding hydrogens is 375 g/mol. The van der Waals surface area contributed by atoms with E-state index in [2.05, 4.69) is 18.9 Å². The minimum atomic E-state index is -1.97. The molecule has 0 saturated carbocycles. The molecule has 1 aliphatic rings. The summed E-state index contributed by atoms with van der Waals surface area (Å²) < 4.78 is 19.2. The molecule has 0 bridgehead atoms. The fourth-order valence-electron chi connectivity index (χ4n) is 2.69. The maximum absolute atomic E-state index is 12.2. The summed E-state index contributed by atoms with van der Waals surface area (Å²) in [6.07, 6.45) is 0.636. The van der Waals surface area contributed by atoms with Gasteiger partial charge in [0.25, 0.3) is 0 Å². The van der Waals surface area contributed by atoms with Gasteiger partial charge in [0, 0.05) is 0 Å². The van der Waals surface area contributed by atoms with E-state index in [0.29, 0.717) is 23.5 Å². The van der Waals surface area contributed by atoms with Crippen LogP contribution in [0.5, 0.6) is 5.95 Å². The number of methoxy groups -OCH3 is 1. The van der Waals surface area contributed by atoms with Crippen molar-refractivity contribution in [3.05, 3.63) is 36.8 Å². The SMILES string of the molecule is COc1oc([C@H]2C/C(=[CH]/[Sn]([CH3])([CH3])[CH3])CO2)c(C)c(=O)c1C. The summed E-state index contributed by atoms with van der Waals surface area (Å²) in [5, 5.41) is 0. The summed E-state index contributed by atoms with van der Waals surface area (Å²) in [4.78, 5) is 19.3. The summed E-state index contributed by atoms with van der Waals surface area (Å²) >= 11 is -1.97. The van der Waals surface area contributed by atoms with Crippen LogP contribution in [-0.4, -0.2) is 32.1 Å². The third kappa shape index (κ3) is 3.72. The maximum atomic E-state index is 12.2. The Morgan fingerprint density at radius 2 is 1.90 bits per heavy atom. The van der Waals surface area contributed by atoms with Gasteiger partial charge in [-0.3, -0.25) is 0 Å². The molecule has 1 aromatic rings. The molecule has 4 nitrogen and oxygen atoms in total. The molecule has 1 atom stereocenters. The van der Waals surface area contributed by atoms with Gasteiger partial charge in [0.15, 0.2) is 0 Å². The number of rotatable bonds is 3. The predicted octanol–water partition coefficient (Wildman–Crippen LogP) is 3.53. The molecule has 1 aliphatic heterocycles. The molecule has 2 rings (SSSR count). The first-order chi connectivity index (χ1) is 9.73. The summed E-state index contributed by atoms with van der Waals surface area (Å²) in [6.45, 7) is 4.15. The zero-order chi connectivity index (χ0) is 15.8. The molecule has 1 aromatic heterocycles. The Morgan fingerprint density at radius 3 is 2.48 bits per heavy atom. The monoisotopic (exact) mass is 400 g/mol. The summed E-state index contributed by atoms with van der Waals surface area (Å²) in [5.74, 6) is 0.895. The second kappa shape index (κ2) is 6.16. The Kier molecular flexibility index (Phi) is 4.88. The molecule has 2 heterocycles. The number of hydrogen-bond donors (Lipinski definition) is 0. The van der Waals surface area contributed by atoms with Crippen LogP contribution < -0.4 is 10.2 Å². The topological polar surface area (TPSA) is 48.7 Å². The molecule has 1 fully saturated rings. The average Bonchev–Trinajstić information content (AvgIpc) is 2.82. The zero-order valence-electron chi connectivity index (χ0n) is 13.7. The Morgan fingerprint density at radius 1 is 1.24 bits per heavy atom. The van der Waals surface area contributed by atoms with E-state index in [0.717, 1.165) is 6.42 Å². The van der Waals surface area contributed by atoms with Crippen molar-refractivity contribution in [2.45, 2.75) is 41.2 Å². The molecule has 5 heteroatoms. The van der Waals surface area contributed by atoms with Gasteiger partial charge >= 0.3 is 130 Å². The summed E-state index contributed by atoms with van der Waals surface area (Å²) in [7, 11) is 1.51. The van der Waals surface area contributed by atoms with Crippen molar-refractivity contribution in [3.63, 3.8) is 0 Å². The Bertz CT molecular complexity index is 622. The van der Waals surface area contributed by atoms with Gasteiger partial charge in [-0.05, 0) is 0 Å². The van der Waals surface area contributed by atoms with E-state index >= 15 is 0 Å². The van der Waals surface area contributed by atoms with Crippen LogP contribution in [-0.2, 0) is 4.74 Å². The van der Waals surface area contributed by atoms with Crippen LogP contribution in [0.1, 0.15) is 29.4 Å². The van der Waals surface area contributed by atoms with E-state index in [1.54, 1.807) is 13.8 Å². The molecular formula is C16H24O4Sn. The molecule has 0 aliphatic carbocycles. The molecule has 0 unspecified atom stereocenters. The predicted molar refractivity (Wildman–Crippen MR) is 85.7 cm³/mol. The van der Waals surface area contributed by atoms with Crippen molar-refractivity contribution in [1.29, 1.82) is 0 Å². The first-order valence-corrected chi connectivity index (χ1v) is 17.4. The molecule has 21 heavy (non-hydrogen) atoms. The van der Waals surface area contributed by atoms with Crippen LogP contribution in [0.2, 0.25) is 14.8 Å². The van der Waals surface area contributed by atoms with E-state index in [4.69, 9.17) is 13.9 Å². The average molecular weight is 399 g/mol. The fourth-order valence-corrected chi connectivity index (χ4v) is 6.76. The first kappa shape index (κ1) is 16.6. The van der Waals surface area contributed by atoms with Gasteiger partial charge in [-0.2, -0.15) is 0 Å². The van der Waals surface area contributed by atoms with Gasteiger partial charge in [-0.1, -0.05) is 0 Å². The molecule has 0 N–H and O–H groups in total. The van der Waals surface area contributed by atoms with Crippen LogP contribution in [0.3, 0.4) is 0 Å². The van der Waals surface area contributed by atoms with Crippen LogP contribution in [0.25, 0.3) is 0 Å². The minimum absolute atomic E-state index is 0.0240. The van der Waals surface area contributed by atoms with E-state index < -0.39 is 18.4 Å². The molecule has 1 saturated heterocycles. The quantitative estimate of drug-likeness (QED) is 0.730. The van der Waals surface area contributed by atoms with Gasteiger partial charge in [0.1, 0.15) is 0 Å². The van der Waals surface area contributed by atoms with Crippen LogP contribution in [0.4, 0.5) is 0 Å². The normalized spacial score (nSPS) is 21.0. The number of ether oxygens (including phenoxy) is 2.